The zero-order valence-electron chi connectivity index (χ0n) is 16.1. The second-order valence-electron chi connectivity index (χ2n) is 7.80. The number of anilines is 1. The minimum absolute atomic E-state index is 0.146. The van der Waals surface area contributed by atoms with Gasteiger partial charge in [0.15, 0.2) is 4.90 Å². The second-order valence-corrected chi connectivity index (χ2v) is 9.38. The Balaban J connectivity index is 1.50. The standard InChI is InChI=1S/C19H23N5O4S/c1-11-6-7-13-16(11)21-14-5-2-4-12(14)17(13)22-19(25)23-29(26,27)15-10-20-24-8-3-9-28-18(15)24/h10-11H,2-9H2,1H3,(H2,21,22,23,25)/p-1/t11-/m1/s1. The fourth-order valence-electron chi connectivity index (χ4n) is 4.46. The Morgan fingerprint density at radius 3 is 3.03 bits per heavy atom. The monoisotopic (exact) mass is 416 g/mol. The number of pyridine rings is 1. The Bertz CT molecular complexity index is 1120. The second kappa shape index (κ2) is 6.72. The molecule has 154 valence electrons. The van der Waals surface area contributed by atoms with E-state index in [-0.39, 0.29) is 10.8 Å². The van der Waals surface area contributed by atoms with Crippen molar-refractivity contribution in [1.82, 2.24) is 14.8 Å². The Morgan fingerprint density at radius 1 is 1.31 bits per heavy atom. The summed E-state index contributed by atoms with van der Waals surface area (Å²) in [7, 11) is -4.23. The van der Waals surface area contributed by atoms with Gasteiger partial charge in [0.2, 0.25) is 5.88 Å². The highest BCUT2D eigenvalue weighted by atomic mass is 32.2. The van der Waals surface area contributed by atoms with Crippen LogP contribution in [0, 0.1) is 0 Å². The fraction of sp³-hybridized carbons (Fsp3) is 0.526. The molecule has 0 radical (unpaired) electrons. The number of aryl methyl sites for hydroxylation is 2. The summed E-state index contributed by atoms with van der Waals surface area (Å²) in [5.74, 6) is 0.482. The van der Waals surface area contributed by atoms with Crippen LogP contribution in [-0.2, 0) is 35.8 Å². The van der Waals surface area contributed by atoms with Gasteiger partial charge in [-0.05, 0) is 49.1 Å². The lowest BCUT2D eigenvalue weighted by molar-refractivity contribution is -0.213. The van der Waals surface area contributed by atoms with Crippen LogP contribution in [0.4, 0.5) is 5.69 Å². The number of aromatic nitrogens is 3. The van der Waals surface area contributed by atoms with Gasteiger partial charge in [0.05, 0.1) is 18.8 Å². The van der Waals surface area contributed by atoms with Gasteiger partial charge in [0.25, 0.3) is 10.0 Å². The van der Waals surface area contributed by atoms with E-state index in [1.807, 2.05) is 0 Å². The summed E-state index contributed by atoms with van der Waals surface area (Å²) < 4.78 is 35.8. The maximum Gasteiger partial charge on any atom is 0.290 e. The van der Waals surface area contributed by atoms with Gasteiger partial charge in [-0.15, -0.1) is 0 Å². The molecule has 1 atom stereocenters. The predicted molar refractivity (Wildman–Crippen MR) is 104 cm³/mol. The molecule has 10 heteroatoms. The van der Waals surface area contributed by atoms with Gasteiger partial charge < -0.3 is 15.2 Å². The quantitative estimate of drug-likeness (QED) is 0.588. The number of fused-ring (bicyclic) bond motifs is 3. The largest absolute Gasteiger partial charge is 0.845 e. The first-order valence-electron chi connectivity index (χ1n) is 9.96. The summed E-state index contributed by atoms with van der Waals surface area (Å²) in [5, 5.41) is 19.4. The van der Waals surface area contributed by atoms with Gasteiger partial charge in [-0.3, -0.25) is 4.98 Å². The summed E-state index contributed by atoms with van der Waals surface area (Å²) in [5.41, 5.74) is 4.78. The maximum atomic E-state index is 12.7. The van der Waals surface area contributed by atoms with Crippen molar-refractivity contribution in [2.45, 2.75) is 62.8 Å². The summed E-state index contributed by atoms with van der Waals surface area (Å²) in [6.45, 7) is 3.11. The van der Waals surface area contributed by atoms with Crippen molar-refractivity contribution < 1.29 is 18.3 Å². The van der Waals surface area contributed by atoms with Crippen LogP contribution >= 0.6 is 0 Å². The van der Waals surface area contributed by atoms with Gasteiger partial charge in [-0.2, -0.15) is 17.9 Å². The minimum atomic E-state index is -4.23. The van der Waals surface area contributed by atoms with Crippen LogP contribution in [0.3, 0.4) is 0 Å². The van der Waals surface area contributed by atoms with E-state index in [1.54, 1.807) is 0 Å². The third-order valence-electron chi connectivity index (χ3n) is 5.88. The predicted octanol–water partition coefficient (Wildman–Crippen LogP) is 1.12. The first-order chi connectivity index (χ1) is 13.9. The van der Waals surface area contributed by atoms with Crippen LogP contribution in [0.1, 0.15) is 54.6 Å². The lowest BCUT2D eigenvalue weighted by Crippen LogP contribution is -2.29. The van der Waals surface area contributed by atoms with Gasteiger partial charge in [0, 0.05) is 30.0 Å². The van der Waals surface area contributed by atoms with E-state index in [0.29, 0.717) is 24.8 Å². The molecule has 2 aliphatic carbocycles. The molecule has 3 aliphatic rings. The highest BCUT2D eigenvalue weighted by Crippen LogP contribution is 2.41. The molecule has 0 bridgehead atoms. The highest BCUT2D eigenvalue weighted by Gasteiger charge is 2.30. The molecule has 29 heavy (non-hydrogen) atoms. The van der Waals surface area contributed by atoms with E-state index in [4.69, 9.17) is 9.72 Å². The third-order valence-corrected chi connectivity index (χ3v) is 7.12. The Morgan fingerprint density at radius 2 is 2.17 bits per heavy atom. The Hall–Kier alpha value is -2.62. The van der Waals surface area contributed by atoms with E-state index in [9.17, 15) is 13.5 Å². The summed E-state index contributed by atoms with van der Waals surface area (Å²) >= 11 is 0. The molecule has 0 saturated carbocycles. The van der Waals surface area contributed by atoms with Crippen molar-refractivity contribution in [2.75, 3.05) is 11.9 Å². The highest BCUT2D eigenvalue weighted by molar-refractivity contribution is 7.90. The summed E-state index contributed by atoms with van der Waals surface area (Å²) in [4.78, 5) is 4.64. The zero-order valence-corrected chi connectivity index (χ0v) is 17.0. The SMILES string of the molecule is C[C@@H]1CCc2c1nc1c(c2N/C([O-])=N/S(=O)(=O)c2cnn3c2OCCC3)CCC1. The van der Waals surface area contributed by atoms with Crippen LogP contribution in [0.2, 0.25) is 0 Å². The van der Waals surface area contributed by atoms with Crippen molar-refractivity contribution >= 4 is 21.7 Å². The van der Waals surface area contributed by atoms with Crippen LogP contribution in [0.25, 0.3) is 0 Å². The smallest absolute Gasteiger partial charge is 0.290 e. The fourth-order valence-corrected chi connectivity index (χ4v) is 5.39. The first kappa shape index (κ1) is 18.4. The lowest BCUT2D eigenvalue weighted by atomic mass is 10.0. The van der Waals surface area contributed by atoms with Crippen LogP contribution < -0.4 is 15.2 Å². The molecular formula is C19H22N5O4S-. The average Bonchev–Trinajstić information content (AvgIpc) is 3.40. The van der Waals surface area contributed by atoms with E-state index >= 15 is 0 Å². The van der Waals surface area contributed by atoms with E-state index in [1.165, 1.54) is 10.9 Å². The molecule has 0 spiro atoms. The van der Waals surface area contributed by atoms with Crippen LogP contribution in [0.15, 0.2) is 15.5 Å². The molecule has 1 aliphatic heterocycles. The van der Waals surface area contributed by atoms with Crippen LogP contribution in [0.5, 0.6) is 5.88 Å². The molecule has 3 heterocycles. The van der Waals surface area contributed by atoms with Crippen molar-refractivity contribution in [3.63, 3.8) is 0 Å². The molecule has 1 N–H and O–H groups in total. The molecule has 0 fully saturated rings. The molecule has 0 amide bonds. The van der Waals surface area contributed by atoms with Crippen molar-refractivity contribution in [3.8, 4) is 5.88 Å². The van der Waals surface area contributed by atoms with E-state index < -0.39 is 16.0 Å². The normalized spacial score (nSPS) is 20.7. The van der Waals surface area contributed by atoms with Gasteiger partial charge in [0.1, 0.15) is 0 Å². The molecule has 2 aromatic heterocycles. The summed E-state index contributed by atoms with van der Waals surface area (Å²) in [6.07, 6.45) is 6.44. The zero-order chi connectivity index (χ0) is 20.2. The van der Waals surface area contributed by atoms with Crippen LogP contribution in [-0.4, -0.2) is 35.8 Å². The number of nitrogens with zero attached hydrogens (tertiary/aromatic N) is 4. The van der Waals surface area contributed by atoms with E-state index in [2.05, 4.69) is 21.7 Å². The Labute approximate surface area is 168 Å². The lowest BCUT2D eigenvalue weighted by Gasteiger charge is -2.20. The van der Waals surface area contributed by atoms with Crippen molar-refractivity contribution in [1.29, 1.82) is 0 Å². The molecule has 5 rings (SSSR count). The maximum absolute atomic E-state index is 12.7. The molecule has 0 saturated heterocycles. The third kappa shape index (κ3) is 3.06. The van der Waals surface area contributed by atoms with E-state index in [0.717, 1.165) is 61.0 Å². The number of amidine groups is 1. The average molecular weight is 416 g/mol. The minimum Gasteiger partial charge on any atom is -0.845 e. The molecule has 0 unspecified atom stereocenters. The number of nitrogens with one attached hydrogen (secondary N) is 1. The molecular weight excluding hydrogens is 394 g/mol. The topological polar surface area (TPSA) is 122 Å². The van der Waals surface area contributed by atoms with Gasteiger partial charge >= 0.3 is 0 Å². The molecule has 9 nitrogen and oxygen atoms in total. The molecule has 0 aromatic carbocycles. The number of hydrogen-bond donors (Lipinski definition) is 1. The number of rotatable bonds is 3. The number of ether oxygens (including phenoxy) is 1. The number of sulfonamides is 1. The van der Waals surface area contributed by atoms with Gasteiger partial charge in [-0.25, -0.2) is 4.68 Å². The number of hydrogen-bond acceptors (Lipinski definition) is 6. The van der Waals surface area contributed by atoms with Crippen molar-refractivity contribution in [3.05, 3.63) is 28.7 Å². The van der Waals surface area contributed by atoms with Crippen molar-refractivity contribution in [2.24, 2.45) is 4.40 Å². The van der Waals surface area contributed by atoms with Gasteiger partial charge in [-0.1, -0.05) is 6.92 Å². The molecule has 2 aromatic rings. The Kier molecular flexibility index (Phi) is 4.27. The summed E-state index contributed by atoms with van der Waals surface area (Å²) in [6, 6.07) is -0.900. The first-order valence-corrected chi connectivity index (χ1v) is 11.4.